The zero-order valence-electron chi connectivity index (χ0n) is 17.2. The largest absolute Gasteiger partial charge is 0.370 e. The second-order valence-corrected chi connectivity index (χ2v) is 8.17. The first-order valence-electron chi connectivity index (χ1n) is 10.1. The van der Waals surface area contributed by atoms with Crippen molar-refractivity contribution in [2.24, 2.45) is 7.05 Å². The Morgan fingerprint density at radius 3 is 2.77 bits per heavy atom. The minimum atomic E-state index is -0.373. The maximum atomic E-state index is 14.8. The van der Waals surface area contributed by atoms with Crippen LogP contribution in [-0.4, -0.2) is 39.4 Å². The van der Waals surface area contributed by atoms with Gasteiger partial charge in [-0.2, -0.15) is 5.10 Å². The monoisotopic (exact) mass is 437 g/mol. The Hall–Kier alpha value is -3.03. The number of nitrogens with zero attached hydrogens (tertiary/aromatic N) is 5. The van der Waals surface area contributed by atoms with Gasteiger partial charge in [0.15, 0.2) is 5.65 Å². The molecule has 1 aliphatic rings. The first kappa shape index (κ1) is 19.9. The summed E-state index contributed by atoms with van der Waals surface area (Å²) in [6.07, 6.45) is 3.67. The number of ether oxygens (including phenoxy) is 1. The summed E-state index contributed by atoms with van der Waals surface area (Å²) >= 11 is 5.98. The van der Waals surface area contributed by atoms with Crippen LogP contribution in [0.2, 0.25) is 5.02 Å². The van der Waals surface area contributed by atoms with E-state index in [9.17, 15) is 4.39 Å². The number of rotatable bonds is 3. The molecule has 0 amide bonds. The average molecular weight is 438 g/mol. The third-order valence-corrected chi connectivity index (χ3v) is 5.74. The third kappa shape index (κ3) is 3.86. The van der Waals surface area contributed by atoms with Gasteiger partial charge < -0.3 is 9.64 Å². The van der Waals surface area contributed by atoms with Gasteiger partial charge >= 0.3 is 0 Å². The standard InChI is InChI=1S/C23H21ClFN5O/c1-14-3-5-18-19(17-6-4-16(24)9-20(17)25)10-22(28-23(18)27-14)30-7-8-31-21(13-30)15-11-26-29(2)12-15/h3-6,9-12,21H,7-8,13H2,1-2H3. The van der Waals surface area contributed by atoms with Crippen molar-refractivity contribution in [1.82, 2.24) is 19.7 Å². The number of benzene rings is 1. The fraction of sp³-hybridized carbons (Fsp3) is 0.261. The number of halogens is 2. The Labute approximate surface area is 184 Å². The highest BCUT2D eigenvalue weighted by molar-refractivity contribution is 6.30. The van der Waals surface area contributed by atoms with Crippen molar-refractivity contribution >= 4 is 28.5 Å². The smallest absolute Gasteiger partial charge is 0.162 e. The molecule has 8 heteroatoms. The molecule has 158 valence electrons. The van der Waals surface area contributed by atoms with Gasteiger partial charge in [-0.05, 0) is 48.9 Å². The lowest BCUT2D eigenvalue weighted by atomic mass is 10.0. The lowest BCUT2D eigenvalue weighted by Crippen LogP contribution is -2.38. The van der Waals surface area contributed by atoms with Crippen molar-refractivity contribution in [2.45, 2.75) is 13.0 Å². The first-order chi connectivity index (χ1) is 15.0. The molecule has 0 spiro atoms. The van der Waals surface area contributed by atoms with Crippen LogP contribution in [0.25, 0.3) is 22.2 Å². The van der Waals surface area contributed by atoms with Crippen LogP contribution in [0.5, 0.6) is 0 Å². The minimum Gasteiger partial charge on any atom is -0.370 e. The summed E-state index contributed by atoms with van der Waals surface area (Å²) in [6.45, 7) is 3.79. The van der Waals surface area contributed by atoms with Gasteiger partial charge in [0.05, 0.1) is 12.8 Å². The molecule has 1 saturated heterocycles. The second kappa shape index (κ2) is 7.90. The van der Waals surface area contributed by atoms with Crippen LogP contribution >= 0.6 is 11.6 Å². The number of anilines is 1. The average Bonchev–Trinajstić information content (AvgIpc) is 3.19. The van der Waals surface area contributed by atoms with E-state index < -0.39 is 0 Å². The maximum absolute atomic E-state index is 14.8. The van der Waals surface area contributed by atoms with Crippen LogP contribution in [-0.2, 0) is 11.8 Å². The molecule has 3 aromatic heterocycles. The number of hydrogen-bond donors (Lipinski definition) is 0. The number of hydrogen-bond acceptors (Lipinski definition) is 5. The van der Waals surface area contributed by atoms with E-state index in [1.54, 1.807) is 16.8 Å². The Balaban J connectivity index is 1.60. The number of aryl methyl sites for hydroxylation is 2. The topological polar surface area (TPSA) is 56.1 Å². The van der Waals surface area contributed by atoms with Crippen molar-refractivity contribution in [2.75, 3.05) is 24.6 Å². The Morgan fingerprint density at radius 1 is 1.13 bits per heavy atom. The fourth-order valence-corrected chi connectivity index (χ4v) is 4.10. The van der Waals surface area contributed by atoms with E-state index in [1.165, 1.54) is 6.07 Å². The predicted molar refractivity (Wildman–Crippen MR) is 119 cm³/mol. The zero-order valence-corrected chi connectivity index (χ0v) is 18.0. The second-order valence-electron chi connectivity index (χ2n) is 7.73. The molecular weight excluding hydrogens is 417 g/mol. The molecule has 1 aromatic carbocycles. The Kier molecular flexibility index (Phi) is 5.08. The molecule has 0 aliphatic carbocycles. The minimum absolute atomic E-state index is 0.110. The molecule has 4 heterocycles. The molecule has 1 atom stereocenters. The van der Waals surface area contributed by atoms with E-state index in [2.05, 4.69) is 15.0 Å². The molecule has 1 fully saturated rings. The van der Waals surface area contributed by atoms with Gasteiger partial charge in [-0.25, -0.2) is 14.4 Å². The van der Waals surface area contributed by atoms with E-state index >= 15 is 0 Å². The van der Waals surface area contributed by atoms with Crippen LogP contribution in [0.3, 0.4) is 0 Å². The van der Waals surface area contributed by atoms with Crippen molar-refractivity contribution in [1.29, 1.82) is 0 Å². The molecule has 31 heavy (non-hydrogen) atoms. The third-order valence-electron chi connectivity index (χ3n) is 5.51. The van der Waals surface area contributed by atoms with E-state index in [4.69, 9.17) is 21.3 Å². The van der Waals surface area contributed by atoms with Crippen molar-refractivity contribution in [3.8, 4) is 11.1 Å². The van der Waals surface area contributed by atoms with Gasteiger partial charge in [0.25, 0.3) is 0 Å². The van der Waals surface area contributed by atoms with Crippen molar-refractivity contribution in [3.63, 3.8) is 0 Å². The van der Waals surface area contributed by atoms with Crippen LogP contribution < -0.4 is 4.90 Å². The van der Waals surface area contributed by atoms with Gasteiger partial charge in [0.1, 0.15) is 17.7 Å². The summed E-state index contributed by atoms with van der Waals surface area (Å²) in [6, 6.07) is 10.5. The summed E-state index contributed by atoms with van der Waals surface area (Å²) in [5.41, 5.74) is 3.68. The summed E-state index contributed by atoms with van der Waals surface area (Å²) < 4.78 is 22.6. The predicted octanol–water partition coefficient (Wildman–Crippen LogP) is 4.71. The Bertz CT molecular complexity index is 1270. The summed E-state index contributed by atoms with van der Waals surface area (Å²) in [5.74, 6) is 0.369. The van der Waals surface area contributed by atoms with Gasteiger partial charge in [0.2, 0.25) is 0 Å². The molecule has 0 radical (unpaired) electrons. The van der Waals surface area contributed by atoms with Gasteiger partial charge in [-0.1, -0.05) is 11.6 Å². The Morgan fingerprint density at radius 2 is 2.00 bits per heavy atom. The van der Waals surface area contributed by atoms with Gasteiger partial charge in [-0.3, -0.25) is 4.68 Å². The number of morpholine rings is 1. The van der Waals surface area contributed by atoms with Crippen LogP contribution in [0.15, 0.2) is 48.8 Å². The van der Waals surface area contributed by atoms with Gasteiger partial charge in [0, 0.05) is 53.6 Å². The van der Waals surface area contributed by atoms with Crippen molar-refractivity contribution in [3.05, 3.63) is 70.9 Å². The maximum Gasteiger partial charge on any atom is 0.162 e. The summed E-state index contributed by atoms with van der Waals surface area (Å²) in [7, 11) is 1.88. The van der Waals surface area contributed by atoms with Crippen molar-refractivity contribution < 1.29 is 9.13 Å². The molecular formula is C23H21ClFN5O. The fourth-order valence-electron chi connectivity index (χ4n) is 3.94. The van der Waals surface area contributed by atoms with Crippen LogP contribution in [0.4, 0.5) is 10.2 Å². The lowest BCUT2D eigenvalue weighted by molar-refractivity contribution is 0.0395. The molecule has 0 saturated carbocycles. The normalized spacial score (nSPS) is 16.8. The van der Waals surface area contributed by atoms with Crippen LogP contribution in [0.1, 0.15) is 17.4 Å². The lowest BCUT2D eigenvalue weighted by Gasteiger charge is -2.33. The highest BCUT2D eigenvalue weighted by Gasteiger charge is 2.25. The van der Waals surface area contributed by atoms with E-state index in [0.717, 1.165) is 28.0 Å². The summed E-state index contributed by atoms with van der Waals surface area (Å²) in [4.78, 5) is 11.6. The molecule has 0 bridgehead atoms. The molecule has 5 rings (SSSR count). The molecule has 0 N–H and O–H groups in total. The van der Waals surface area contributed by atoms with E-state index in [1.807, 2.05) is 44.6 Å². The number of aromatic nitrogens is 4. The quantitative estimate of drug-likeness (QED) is 0.464. The molecule has 6 nitrogen and oxygen atoms in total. The highest BCUT2D eigenvalue weighted by Crippen LogP contribution is 2.35. The van der Waals surface area contributed by atoms with Crippen LogP contribution in [0, 0.1) is 12.7 Å². The number of pyridine rings is 2. The SMILES string of the molecule is Cc1ccc2c(-c3ccc(Cl)cc3F)cc(N3CCOC(c4cnn(C)c4)C3)nc2n1. The number of fused-ring (bicyclic) bond motifs is 1. The van der Waals surface area contributed by atoms with Gasteiger partial charge in [-0.15, -0.1) is 0 Å². The van der Waals surface area contributed by atoms with E-state index in [-0.39, 0.29) is 11.9 Å². The van der Waals surface area contributed by atoms with E-state index in [0.29, 0.717) is 35.9 Å². The molecule has 4 aromatic rings. The summed E-state index contributed by atoms with van der Waals surface area (Å²) in [5, 5.41) is 5.41. The molecule has 1 unspecified atom stereocenters. The zero-order chi connectivity index (χ0) is 21.5. The molecule has 1 aliphatic heterocycles. The first-order valence-corrected chi connectivity index (χ1v) is 10.4. The highest BCUT2D eigenvalue weighted by atomic mass is 35.5.